The molecule has 0 spiro atoms. The smallest absolute Gasteiger partial charge is 0.0635 e. The van der Waals surface area contributed by atoms with Crippen molar-refractivity contribution < 1.29 is 0 Å². The lowest BCUT2D eigenvalue weighted by atomic mass is 9.83. The normalized spacial score (nSPS) is 14.5. The molecule has 0 bridgehead atoms. The fraction of sp³-hybridized carbons (Fsp3) is 0.750. The highest BCUT2D eigenvalue weighted by Crippen LogP contribution is 2.34. The van der Waals surface area contributed by atoms with Gasteiger partial charge < -0.3 is 5.73 Å². The maximum absolute atomic E-state index is 5.92. The molecule has 1 aromatic heterocycles. The van der Waals surface area contributed by atoms with Crippen LogP contribution in [0.25, 0.3) is 0 Å². The van der Waals surface area contributed by atoms with Gasteiger partial charge in [-0.1, -0.05) is 13.8 Å². The molecule has 3 nitrogen and oxygen atoms in total. The summed E-state index contributed by atoms with van der Waals surface area (Å²) >= 11 is 3.59. The molecular formula is C12H22BrN3. The van der Waals surface area contributed by atoms with Crippen molar-refractivity contribution in [3.05, 3.63) is 16.4 Å². The van der Waals surface area contributed by atoms with Crippen LogP contribution in [0.1, 0.15) is 52.8 Å². The summed E-state index contributed by atoms with van der Waals surface area (Å²) in [7, 11) is 0. The van der Waals surface area contributed by atoms with Crippen LogP contribution in [0, 0.1) is 0 Å². The molecule has 1 heterocycles. The maximum atomic E-state index is 5.92. The fourth-order valence-corrected chi connectivity index (χ4v) is 3.08. The van der Waals surface area contributed by atoms with E-state index in [2.05, 4.69) is 53.4 Å². The Kier molecular flexibility index (Phi) is 4.18. The number of rotatable bonds is 4. The Morgan fingerprint density at radius 3 is 2.44 bits per heavy atom. The standard InChI is InChI=1S/C12H22BrN3/c1-8(2)16-11(10(13)7-15-16)12(4,5)6-9(3)14/h7-9H,6,14H2,1-5H3. The zero-order valence-corrected chi connectivity index (χ0v) is 12.4. The van der Waals surface area contributed by atoms with Crippen LogP contribution in [0.4, 0.5) is 0 Å². The molecule has 16 heavy (non-hydrogen) atoms. The van der Waals surface area contributed by atoms with Crippen molar-refractivity contribution in [2.75, 3.05) is 0 Å². The van der Waals surface area contributed by atoms with E-state index in [1.165, 1.54) is 5.69 Å². The molecule has 0 aliphatic heterocycles. The molecule has 0 fully saturated rings. The molecular weight excluding hydrogens is 266 g/mol. The van der Waals surface area contributed by atoms with Crippen molar-refractivity contribution in [1.82, 2.24) is 9.78 Å². The van der Waals surface area contributed by atoms with Gasteiger partial charge in [-0.3, -0.25) is 4.68 Å². The Morgan fingerprint density at radius 1 is 1.44 bits per heavy atom. The summed E-state index contributed by atoms with van der Waals surface area (Å²) in [6, 6.07) is 0.561. The highest BCUT2D eigenvalue weighted by atomic mass is 79.9. The summed E-state index contributed by atoms with van der Waals surface area (Å²) in [5, 5.41) is 4.42. The third-order valence-corrected chi connectivity index (χ3v) is 3.29. The monoisotopic (exact) mass is 287 g/mol. The van der Waals surface area contributed by atoms with Gasteiger partial charge in [0.2, 0.25) is 0 Å². The summed E-state index contributed by atoms with van der Waals surface area (Å²) in [6.45, 7) is 10.8. The number of hydrogen-bond acceptors (Lipinski definition) is 2. The minimum atomic E-state index is 0.0355. The molecule has 0 saturated carbocycles. The van der Waals surface area contributed by atoms with Crippen molar-refractivity contribution in [3.63, 3.8) is 0 Å². The molecule has 4 heteroatoms. The molecule has 0 radical (unpaired) electrons. The van der Waals surface area contributed by atoms with Crippen LogP contribution in [0.3, 0.4) is 0 Å². The van der Waals surface area contributed by atoms with Crippen molar-refractivity contribution in [1.29, 1.82) is 0 Å². The summed E-state index contributed by atoms with van der Waals surface area (Å²) in [6.07, 6.45) is 2.82. The van der Waals surface area contributed by atoms with Crippen LogP contribution in [-0.2, 0) is 5.41 Å². The third-order valence-electron chi connectivity index (χ3n) is 2.71. The highest BCUT2D eigenvalue weighted by molar-refractivity contribution is 9.10. The summed E-state index contributed by atoms with van der Waals surface area (Å²) < 4.78 is 3.15. The first-order chi connectivity index (χ1) is 7.25. The number of nitrogens with zero attached hydrogens (tertiary/aromatic N) is 2. The maximum Gasteiger partial charge on any atom is 0.0635 e. The molecule has 0 amide bonds. The van der Waals surface area contributed by atoms with Crippen LogP contribution < -0.4 is 5.73 Å². The Balaban J connectivity index is 3.15. The molecule has 1 atom stereocenters. The van der Waals surface area contributed by atoms with Gasteiger partial charge >= 0.3 is 0 Å². The molecule has 0 aromatic carbocycles. The SMILES string of the molecule is CC(N)CC(C)(C)c1c(Br)cnn1C(C)C. The first-order valence-electron chi connectivity index (χ1n) is 5.74. The average molecular weight is 288 g/mol. The van der Waals surface area contributed by atoms with Gasteiger partial charge in [-0.25, -0.2) is 0 Å². The van der Waals surface area contributed by atoms with E-state index in [-0.39, 0.29) is 11.5 Å². The molecule has 1 aromatic rings. The van der Waals surface area contributed by atoms with E-state index in [0.29, 0.717) is 6.04 Å². The summed E-state index contributed by atoms with van der Waals surface area (Å²) in [5.41, 5.74) is 7.19. The van der Waals surface area contributed by atoms with Crippen molar-refractivity contribution in [2.45, 2.75) is 58.5 Å². The fourth-order valence-electron chi connectivity index (χ4n) is 2.27. The van der Waals surface area contributed by atoms with Gasteiger partial charge in [-0.05, 0) is 43.1 Å². The van der Waals surface area contributed by atoms with Crippen molar-refractivity contribution in [3.8, 4) is 0 Å². The van der Waals surface area contributed by atoms with Crippen molar-refractivity contribution in [2.24, 2.45) is 5.73 Å². The number of hydrogen-bond donors (Lipinski definition) is 1. The molecule has 2 N–H and O–H groups in total. The third kappa shape index (κ3) is 2.86. The topological polar surface area (TPSA) is 43.8 Å². The predicted molar refractivity (Wildman–Crippen MR) is 71.6 cm³/mol. The Hall–Kier alpha value is -0.350. The summed E-state index contributed by atoms with van der Waals surface area (Å²) in [4.78, 5) is 0. The van der Waals surface area contributed by atoms with E-state index in [0.717, 1.165) is 10.9 Å². The van der Waals surface area contributed by atoms with E-state index in [1.807, 2.05) is 13.1 Å². The molecule has 1 unspecified atom stereocenters. The second-order valence-electron chi connectivity index (χ2n) is 5.44. The number of nitrogens with two attached hydrogens (primary N) is 1. The van der Waals surface area contributed by atoms with Gasteiger partial charge in [0.1, 0.15) is 0 Å². The van der Waals surface area contributed by atoms with Crippen LogP contribution >= 0.6 is 15.9 Å². The highest BCUT2D eigenvalue weighted by Gasteiger charge is 2.29. The minimum absolute atomic E-state index is 0.0355. The average Bonchev–Trinajstić information content (AvgIpc) is 2.44. The second kappa shape index (κ2) is 4.88. The van der Waals surface area contributed by atoms with E-state index in [4.69, 9.17) is 5.73 Å². The van der Waals surface area contributed by atoms with E-state index in [1.54, 1.807) is 0 Å². The van der Waals surface area contributed by atoms with Gasteiger partial charge in [-0.2, -0.15) is 5.10 Å². The summed E-state index contributed by atoms with van der Waals surface area (Å²) in [5.74, 6) is 0. The van der Waals surface area contributed by atoms with Crippen LogP contribution in [-0.4, -0.2) is 15.8 Å². The van der Waals surface area contributed by atoms with Gasteiger partial charge in [0.05, 0.1) is 16.4 Å². The van der Waals surface area contributed by atoms with Crippen LogP contribution in [0.5, 0.6) is 0 Å². The molecule has 1 rings (SSSR count). The Labute approximate surface area is 107 Å². The first-order valence-corrected chi connectivity index (χ1v) is 6.54. The van der Waals surface area contributed by atoms with Gasteiger partial charge in [0.25, 0.3) is 0 Å². The van der Waals surface area contributed by atoms with E-state index < -0.39 is 0 Å². The molecule has 0 aliphatic carbocycles. The van der Waals surface area contributed by atoms with Crippen molar-refractivity contribution >= 4 is 15.9 Å². The second-order valence-corrected chi connectivity index (χ2v) is 6.30. The number of aromatic nitrogens is 2. The molecule has 0 aliphatic rings. The quantitative estimate of drug-likeness (QED) is 0.924. The lowest BCUT2D eigenvalue weighted by Gasteiger charge is -2.29. The zero-order valence-electron chi connectivity index (χ0n) is 10.8. The van der Waals surface area contributed by atoms with Gasteiger partial charge in [0, 0.05) is 17.5 Å². The molecule has 92 valence electrons. The van der Waals surface area contributed by atoms with E-state index >= 15 is 0 Å². The largest absolute Gasteiger partial charge is 0.328 e. The Bertz CT molecular complexity index is 353. The minimum Gasteiger partial charge on any atom is -0.328 e. The van der Waals surface area contributed by atoms with Gasteiger partial charge in [0.15, 0.2) is 0 Å². The van der Waals surface area contributed by atoms with E-state index in [9.17, 15) is 0 Å². The molecule has 0 saturated heterocycles. The predicted octanol–water partition coefficient (Wildman–Crippen LogP) is 3.24. The van der Waals surface area contributed by atoms with Crippen LogP contribution in [0.15, 0.2) is 10.7 Å². The lowest BCUT2D eigenvalue weighted by Crippen LogP contribution is -2.31. The zero-order chi connectivity index (χ0) is 12.5. The first kappa shape index (κ1) is 13.7. The van der Waals surface area contributed by atoms with Gasteiger partial charge in [-0.15, -0.1) is 0 Å². The lowest BCUT2D eigenvalue weighted by molar-refractivity contribution is 0.379. The Morgan fingerprint density at radius 2 is 2.00 bits per heavy atom. The van der Waals surface area contributed by atoms with Crippen LogP contribution in [0.2, 0.25) is 0 Å². The number of halogens is 1.